The van der Waals surface area contributed by atoms with E-state index in [1.165, 1.54) is 23.5 Å². The van der Waals surface area contributed by atoms with Crippen LogP contribution in [0, 0.1) is 25.5 Å². The molecule has 3 nitrogen and oxygen atoms in total. The van der Waals surface area contributed by atoms with Gasteiger partial charge in [0.05, 0.1) is 10.7 Å². The maximum absolute atomic E-state index is 13.4. The minimum atomic E-state index is -1.07. The third-order valence-electron chi connectivity index (χ3n) is 2.32. The van der Waals surface area contributed by atoms with Crippen molar-refractivity contribution in [3.05, 3.63) is 45.4 Å². The molecular weight excluding hydrogens is 258 g/mol. The molecule has 0 radical (unpaired) electrons. The molecule has 6 heteroatoms. The molecule has 1 aromatic carbocycles. The molecule has 0 bridgehead atoms. The number of nitrogens with one attached hydrogen (secondary N) is 1. The number of carbonyl (C=O) groups excluding carboxylic acids is 1. The Morgan fingerprint density at radius 1 is 1.33 bits per heavy atom. The smallest absolute Gasteiger partial charge is 0.275 e. The summed E-state index contributed by atoms with van der Waals surface area (Å²) in [6, 6.07) is 3.61. The molecule has 1 heterocycles. The summed E-state index contributed by atoms with van der Waals surface area (Å²) in [5, 5.41) is 3.06. The zero-order valence-corrected chi connectivity index (χ0v) is 10.6. The second-order valence-electron chi connectivity index (χ2n) is 3.69. The lowest BCUT2D eigenvalue weighted by Gasteiger charge is -2.05. The number of benzene rings is 1. The van der Waals surface area contributed by atoms with Gasteiger partial charge in [0.1, 0.15) is 5.69 Å². The fraction of sp³-hybridized carbons (Fsp3) is 0.167. The first-order valence-corrected chi connectivity index (χ1v) is 6.00. The molecule has 0 fully saturated rings. The summed E-state index contributed by atoms with van der Waals surface area (Å²) < 4.78 is 26.4. The van der Waals surface area contributed by atoms with Crippen molar-refractivity contribution in [2.45, 2.75) is 13.8 Å². The Labute approximate surface area is 106 Å². The molecule has 0 spiro atoms. The summed E-state index contributed by atoms with van der Waals surface area (Å²) in [4.78, 5) is 16.6. The first kappa shape index (κ1) is 12.6. The van der Waals surface area contributed by atoms with Crippen molar-refractivity contribution in [1.82, 2.24) is 4.98 Å². The lowest BCUT2D eigenvalue weighted by Crippen LogP contribution is -2.15. The summed E-state index contributed by atoms with van der Waals surface area (Å²) in [5.41, 5.74) is 0.0474. The lowest BCUT2D eigenvalue weighted by atomic mass is 10.2. The van der Waals surface area contributed by atoms with E-state index in [2.05, 4.69) is 10.3 Å². The van der Waals surface area contributed by atoms with Crippen LogP contribution in [-0.4, -0.2) is 10.9 Å². The second-order valence-corrected chi connectivity index (χ2v) is 5.10. The molecule has 2 aromatic rings. The Bertz CT molecular complexity index is 610. The summed E-state index contributed by atoms with van der Waals surface area (Å²) >= 11 is 1.38. The molecule has 2 rings (SSSR count). The van der Waals surface area contributed by atoms with Crippen LogP contribution in [0.25, 0.3) is 0 Å². The van der Waals surface area contributed by atoms with Gasteiger partial charge in [-0.2, -0.15) is 0 Å². The predicted molar refractivity (Wildman–Crippen MR) is 65.9 cm³/mol. The van der Waals surface area contributed by atoms with Crippen molar-refractivity contribution < 1.29 is 13.6 Å². The van der Waals surface area contributed by atoms with E-state index in [4.69, 9.17) is 0 Å². The highest BCUT2D eigenvalue weighted by Gasteiger charge is 2.16. The maximum Gasteiger partial charge on any atom is 0.275 e. The van der Waals surface area contributed by atoms with Crippen molar-refractivity contribution >= 4 is 22.9 Å². The van der Waals surface area contributed by atoms with Crippen LogP contribution in [-0.2, 0) is 0 Å². The van der Waals surface area contributed by atoms with Gasteiger partial charge in [-0.25, -0.2) is 13.8 Å². The minimum absolute atomic E-state index is 0.190. The van der Waals surface area contributed by atoms with Crippen LogP contribution in [0.5, 0.6) is 0 Å². The standard InChI is InChI=1S/C12H10F2N2OS/c1-6-11(15-7(2)18-6)12(17)16-9-5-3-4-8(13)10(9)14/h3-5H,1-2H3,(H,16,17). The molecule has 0 saturated carbocycles. The zero-order chi connectivity index (χ0) is 13.3. The van der Waals surface area contributed by atoms with E-state index in [1.54, 1.807) is 13.8 Å². The topological polar surface area (TPSA) is 42.0 Å². The first-order valence-electron chi connectivity index (χ1n) is 5.18. The van der Waals surface area contributed by atoms with E-state index in [0.29, 0.717) is 0 Å². The van der Waals surface area contributed by atoms with Crippen molar-refractivity contribution in [3.63, 3.8) is 0 Å². The molecule has 0 aliphatic rings. The highest BCUT2D eigenvalue weighted by Crippen LogP contribution is 2.20. The number of amides is 1. The molecule has 0 saturated heterocycles. The van der Waals surface area contributed by atoms with Gasteiger partial charge in [-0.05, 0) is 26.0 Å². The average molecular weight is 268 g/mol. The van der Waals surface area contributed by atoms with Crippen LogP contribution in [0.15, 0.2) is 18.2 Å². The van der Waals surface area contributed by atoms with E-state index in [1.807, 2.05) is 0 Å². The fourth-order valence-corrected chi connectivity index (χ4v) is 2.34. The summed E-state index contributed by atoms with van der Waals surface area (Å²) in [7, 11) is 0. The molecule has 0 unspecified atom stereocenters. The molecule has 0 aliphatic carbocycles. The van der Waals surface area contributed by atoms with Crippen LogP contribution >= 0.6 is 11.3 Å². The van der Waals surface area contributed by atoms with E-state index in [-0.39, 0.29) is 11.4 Å². The Kier molecular flexibility index (Phi) is 3.38. The maximum atomic E-state index is 13.4. The van der Waals surface area contributed by atoms with Crippen molar-refractivity contribution in [3.8, 4) is 0 Å². The van der Waals surface area contributed by atoms with Gasteiger partial charge in [0, 0.05) is 4.88 Å². The third kappa shape index (κ3) is 2.38. The van der Waals surface area contributed by atoms with Gasteiger partial charge in [-0.3, -0.25) is 4.79 Å². The van der Waals surface area contributed by atoms with Crippen LogP contribution in [0.2, 0.25) is 0 Å². The molecule has 0 aliphatic heterocycles. The summed E-state index contributed by atoms with van der Waals surface area (Å²) in [6.45, 7) is 3.53. The molecule has 18 heavy (non-hydrogen) atoms. The van der Waals surface area contributed by atoms with Crippen molar-refractivity contribution in [2.24, 2.45) is 0 Å². The SMILES string of the molecule is Cc1nc(C(=O)Nc2cccc(F)c2F)c(C)s1. The number of hydrogen-bond acceptors (Lipinski definition) is 3. The Morgan fingerprint density at radius 2 is 2.06 bits per heavy atom. The van der Waals surface area contributed by atoms with Crippen LogP contribution in [0.4, 0.5) is 14.5 Å². The van der Waals surface area contributed by atoms with Crippen LogP contribution in [0.3, 0.4) is 0 Å². The second kappa shape index (κ2) is 4.81. The van der Waals surface area contributed by atoms with Gasteiger partial charge in [0.15, 0.2) is 11.6 Å². The predicted octanol–water partition coefficient (Wildman–Crippen LogP) is 3.29. The summed E-state index contributed by atoms with van der Waals surface area (Å²) in [5.74, 6) is -2.62. The van der Waals surface area contributed by atoms with Gasteiger partial charge in [0.25, 0.3) is 5.91 Å². The van der Waals surface area contributed by atoms with E-state index in [9.17, 15) is 13.6 Å². The Hall–Kier alpha value is -1.82. The van der Waals surface area contributed by atoms with Gasteiger partial charge >= 0.3 is 0 Å². The highest BCUT2D eigenvalue weighted by atomic mass is 32.1. The largest absolute Gasteiger partial charge is 0.318 e. The zero-order valence-electron chi connectivity index (χ0n) is 9.75. The van der Waals surface area contributed by atoms with Crippen molar-refractivity contribution in [2.75, 3.05) is 5.32 Å². The number of anilines is 1. The van der Waals surface area contributed by atoms with E-state index >= 15 is 0 Å². The number of nitrogens with zero attached hydrogens (tertiary/aromatic N) is 1. The monoisotopic (exact) mass is 268 g/mol. The number of rotatable bonds is 2. The van der Waals surface area contributed by atoms with Gasteiger partial charge in [-0.15, -0.1) is 11.3 Å². The molecular formula is C12H10F2N2OS. The van der Waals surface area contributed by atoms with Gasteiger partial charge in [0.2, 0.25) is 0 Å². The highest BCUT2D eigenvalue weighted by molar-refractivity contribution is 7.11. The van der Waals surface area contributed by atoms with Gasteiger partial charge < -0.3 is 5.32 Å². The number of aryl methyl sites for hydroxylation is 2. The molecule has 1 aromatic heterocycles. The first-order chi connectivity index (χ1) is 8.49. The number of aromatic nitrogens is 1. The molecule has 1 amide bonds. The van der Waals surface area contributed by atoms with Crippen molar-refractivity contribution in [1.29, 1.82) is 0 Å². The number of hydrogen-bond donors (Lipinski definition) is 1. The summed E-state index contributed by atoms with van der Waals surface area (Å²) in [6.07, 6.45) is 0. The Morgan fingerprint density at radius 3 is 2.67 bits per heavy atom. The Balaban J connectivity index is 2.27. The number of thiazole rings is 1. The molecule has 94 valence electrons. The quantitative estimate of drug-likeness (QED) is 0.908. The third-order valence-corrected chi connectivity index (χ3v) is 3.20. The lowest BCUT2D eigenvalue weighted by molar-refractivity contribution is 0.102. The number of halogens is 2. The average Bonchev–Trinajstić information content (AvgIpc) is 2.64. The van der Waals surface area contributed by atoms with Crippen LogP contribution < -0.4 is 5.32 Å². The normalized spacial score (nSPS) is 10.4. The van der Waals surface area contributed by atoms with Gasteiger partial charge in [-0.1, -0.05) is 6.07 Å². The molecule has 1 N–H and O–H groups in total. The minimum Gasteiger partial charge on any atom is -0.318 e. The van der Waals surface area contributed by atoms with E-state index < -0.39 is 17.5 Å². The number of carbonyl (C=O) groups is 1. The van der Waals surface area contributed by atoms with E-state index in [0.717, 1.165) is 16.0 Å². The van der Waals surface area contributed by atoms with Crippen LogP contribution in [0.1, 0.15) is 20.4 Å². The fourth-order valence-electron chi connectivity index (χ4n) is 1.52. The molecule has 0 atom stereocenters.